The third-order valence-corrected chi connectivity index (χ3v) is 1.21. The molecule has 5 heteroatoms. The van der Waals surface area contributed by atoms with Gasteiger partial charge in [-0.3, -0.25) is 0 Å². The summed E-state index contributed by atoms with van der Waals surface area (Å²) in [5.74, 6) is 0. The predicted molar refractivity (Wildman–Crippen MR) is 46.2 cm³/mol. The Morgan fingerprint density at radius 3 is 1.73 bits per heavy atom. The quantitative estimate of drug-likeness (QED) is 0.519. The molecule has 0 aromatic heterocycles. The lowest BCUT2D eigenvalue weighted by atomic mass is 10.2. The van der Waals surface area contributed by atoms with E-state index in [4.69, 9.17) is 9.90 Å². The monoisotopic (exact) mass is 182 g/mol. The molecule has 1 rings (SSSR count). The number of amides is 1. The number of nitrogens with one attached hydrogen (secondary N) is 1. The predicted octanol–water partition coefficient (Wildman–Crippen LogP) is 0.805. The highest BCUT2D eigenvalue weighted by Gasteiger charge is 1.93. The van der Waals surface area contributed by atoms with Gasteiger partial charge in [-0.05, 0) is 25.9 Å². The van der Waals surface area contributed by atoms with Crippen molar-refractivity contribution in [2.24, 2.45) is 5.73 Å². The molecule has 4 nitrogen and oxygen atoms in total. The van der Waals surface area contributed by atoms with E-state index in [0.717, 1.165) is 0 Å². The van der Waals surface area contributed by atoms with Crippen LogP contribution in [0.1, 0.15) is 19.3 Å². The van der Waals surface area contributed by atoms with Gasteiger partial charge in [0.15, 0.2) is 0 Å². The topological polar surface area (TPSA) is 75.3 Å². The molecule has 0 aromatic rings. The highest BCUT2D eigenvalue weighted by molar-refractivity contribution is 5.85. The summed E-state index contributed by atoms with van der Waals surface area (Å²) in [6, 6.07) is 0. The number of hydrogen-bond donors (Lipinski definition) is 3. The van der Waals surface area contributed by atoms with E-state index in [-0.39, 0.29) is 12.4 Å². The van der Waals surface area contributed by atoms with Crippen LogP contribution in [0.25, 0.3) is 0 Å². The minimum absolute atomic E-state index is 0. The number of carbonyl (C=O) groups is 1. The first-order valence-electron chi connectivity index (χ1n) is 3.42. The first kappa shape index (κ1) is 13.1. The van der Waals surface area contributed by atoms with Gasteiger partial charge in [-0.15, -0.1) is 12.4 Å². The van der Waals surface area contributed by atoms with Gasteiger partial charge in [0, 0.05) is 0 Å². The molecule has 0 bridgehead atoms. The Morgan fingerprint density at radius 1 is 1.27 bits per heavy atom. The minimum atomic E-state index is -1.33. The highest BCUT2D eigenvalue weighted by Crippen LogP contribution is 1.96. The van der Waals surface area contributed by atoms with Crippen molar-refractivity contribution in [3.63, 3.8) is 0 Å². The molecule has 1 saturated heterocycles. The number of carboxylic acid groups (broad SMARTS) is 1. The molecule has 0 spiro atoms. The van der Waals surface area contributed by atoms with E-state index in [0.29, 0.717) is 0 Å². The van der Waals surface area contributed by atoms with Crippen LogP contribution < -0.4 is 11.1 Å². The average Bonchev–Trinajstić information content (AvgIpc) is 1.90. The first-order valence-corrected chi connectivity index (χ1v) is 3.42. The highest BCUT2D eigenvalue weighted by atomic mass is 35.5. The molecule has 0 atom stereocenters. The SMILES string of the molecule is C1CCNCC1.Cl.NC(=O)O. The van der Waals surface area contributed by atoms with Crippen LogP contribution in [-0.4, -0.2) is 24.3 Å². The summed E-state index contributed by atoms with van der Waals surface area (Å²) in [6.45, 7) is 2.50. The molecular weight excluding hydrogens is 168 g/mol. The van der Waals surface area contributed by atoms with Crippen molar-refractivity contribution in [3.05, 3.63) is 0 Å². The van der Waals surface area contributed by atoms with E-state index < -0.39 is 6.09 Å². The molecule has 1 aliphatic heterocycles. The zero-order chi connectivity index (χ0) is 7.82. The van der Waals surface area contributed by atoms with Gasteiger partial charge < -0.3 is 16.2 Å². The summed E-state index contributed by atoms with van der Waals surface area (Å²) in [5, 5.41) is 10.5. The summed E-state index contributed by atoms with van der Waals surface area (Å²) in [4.78, 5) is 8.78. The second-order valence-electron chi connectivity index (χ2n) is 2.15. The lowest BCUT2D eigenvalue weighted by Crippen LogP contribution is -2.21. The number of nitrogens with two attached hydrogens (primary N) is 1. The maximum Gasteiger partial charge on any atom is 0.402 e. The van der Waals surface area contributed by atoms with Crippen LogP contribution in [0.4, 0.5) is 4.79 Å². The van der Waals surface area contributed by atoms with Crippen molar-refractivity contribution in [3.8, 4) is 0 Å². The van der Waals surface area contributed by atoms with Crippen LogP contribution in [0.15, 0.2) is 0 Å². The van der Waals surface area contributed by atoms with Crippen LogP contribution in [0, 0.1) is 0 Å². The van der Waals surface area contributed by atoms with E-state index in [2.05, 4.69) is 11.1 Å². The molecule has 0 radical (unpaired) electrons. The Hall–Kier alpha value is -0.480. The third kappa shape index (κ3) is 17.7. The van der Waals surface area contributed by atoms with Crippen molar-refractivity contribution in [1.82, 2.24) is 5.32 Å². The summed E-state index contributed by atoms with van der Waals surface area (Å²) in [6.07, 6.45) is 2.88. The van der Waals surface area contributed by atoms with Crippen LogP contribution >= 0.6 is 12.4 Å². The molecule has 0 aromatic carbocycles. The Bertz CT molecular complexity index is 81.1. The van der Waals surface area contributed by atoms with Gasteiger partial charge in [0.1, 0.15) is 0 Å². The van der Waals surface area contributed by atoms with Crippen molar-refractivity contribution < 1.29 is 9.90 Å². The standard InChI is InChI=1S/C5H11N.CH3NO2.ClH/c1-2-4-6-5-3-1;2-1(3)4;/h6H,1-5H2;2H2,(H,3,4);1H. The summed E-state index contributed by atoms with van der Waals surface area (Å²) in [5.41, 5.74) is 4.03. The lowest BCUT2D eigenvalue weighted by Gasteiger charge is -2.08. The molecule has 68 valence electrons. The number of piperidine rings is 1. The second-order valence-corrected chi connectivity index (χ2v) is 2.15. The zero-order valence-corrected chi connectivity index (χ0v) is 7.19. The van der Waals surface area contributed by atoms with Crippen molar-refractivity contribution in [1.29, 1.82) is 0 Å². The molecule has 4 N–H and O–H groups in total. The minimum Gasteiger partial charge on any atom is -0.465 e. The molecule has 11 heavy (non-hydrogen) atoms. The Kier molecular flexibility index (Phi) is 11.4. The van der Waals surface area contributed by atoms with Crippen LogP contribution in [0.5, 0.6) is 0 Å². The molecule has 0 saturated carbocycles. The number of primary amides is 1. The van der Waals surface area contributed by atoms with E-state index >= 15 is 0 Å². The largest absolute Gasteiger partial charge is 0.465 e. The first-order chi connectivity index (χ1) is 4.73. The Balaban J connectivity index is 0. The zero-order valence-electron chi connectivity index (χ0n) is 6.38. The summed E-state index contributed by atoms with van der Waals surface area (Å²) >= 11 is 0. The van der Waals surface area contributed by atoms with Crippen LogP contribution in [0.3, 0.4) is 0 Å². The maximum absolute atomic E-state index is 8.78. The van der Waals surface area contributed by atoms with Gasteiger partial charge in [-0.2, -0.15) is 0 Å². The summed E-state index contributed by atoms with van der Waals surface area (Å²) < 4.78 is 0. The van der Waals surface area contributed by atoms with Crippen molar-refractivity contribution in [2.45, 2.75) is 19.3 Å². The Labute approximate surface area is 72.6 Å². The normalized spacial score (nSPS) is 15.3. The molecule has 1 fully saturated rings. The van der Waals surface area contributed by atoms with Gasteiger partial charge in [0.25, 0.3) is 0 Å². The number of halogens is 1. The molecule has 0 unspecified atom stereocenters. The summed E-state index contributed by atoms with van der Waals surface area (Å²) in [7, 11) is 0. The fourth-order valence-corrected chi connectivity index (χ4v) is 0.802. The van der Waals surface area contributed by atoms with Gasteiger partial charge in [-0.25, -0.2) is 4.79 Å². The van der Waals surface area contributed by atoms with E-state index in [1.807, 2.05) is 0 Å². The van der Waals surface area contributed by atoms with Crippen LogP contribution in [0.2, 0.25) is 0 Å². The molecule has 1 aliphatic rings. The number of rotatable bonds is 0. The second kappa shape index (κ2) is 9.52. The van der Waals surface area contributed by atoms with Gasteiger partial charge >= 0.3 is 6.09 Å². The molecular formula is C6H15ClN2O2. The van der Waals surface area contributed by atoms with E-state index in [1.54, 1.807) is 0 Å². The Morgan fingerprint density at radius 2 is 1.64 bits per heavy atom. The molecule has 0 aliphatic carbocycles. The molecule has 1 amide bonds. The molecule has 1 heterocycles. The lowest BCUT2D eigenvalue weighted by molar-refractivity contribution is 0.205. The van der Waals surface area contributed by atoms with Crippen LogP contribution in [-0.2, 0) is 0 Å². The smallest absolute Gasteiger partial charge is 0.402 e. The van der Waals surface area contributed by atoms with E-state index in [1.165, 1.54) is 32.4 Å². The van der Waals surface area contributed by atoms with Gasteiger partial charge in [-0.1, -0.05) is 6.42 Å². The fourth-order valence-electron chi connectivity index (χ4n) is 0.802. The van der Waals surface area contributed by atoms with Crippen molar-refractivity contribution >= 4 is 18.5 Å². The van der Waals surface area contributed by atoms with Gasteiger partial charge in [0.05, 0.1) is 0 Å². The third-order valence-electron chi connectivity index (χ3n) is 1.21. The van der Waals surface area contributed by atoms with Crippen molar-refractivity contribution in [2.75, 3.05) is 13.1 Å². The maximum atomic E-state index is 8.78. The fraction of sp³-hybridized carbons (Fsp3) is 0.833. The van der Waals surface area contributed by atoms with Gasteiger partial charge in [0.2, 0.25) is 0 Å². The number of hydrogen-bond acceptors (Lipinski definition) is 2. The van der Waals surface area contributed by atoms with E-state index in [9.17, 15) is 0 Å². The average molecular weight is 183 g/mol.